The highest BCUT2D eigenvalue weighted by molar-refractivity contribution is 6.06. The summed E-state index contributed by atoms with van der Waals surface area (Å²) in [6.07, 6.45) is 1.89. The van der Waals surface area contributed by atoms with Crippen LogP contribution in [0.25, 0.3) is 10.9 Å². The van der Waals surface area contributed by atoms with E-state index in [1.54, 1.807) is 0 Å². The van der Waals surface area contributed by atoms with Gasteiger partial charge in [0.2, 0.25) is 0 Å². The number of phenols is 1. The number of hydrogen-bond donors (Lipinski definition) is 2. The summed E-state index contributed by atoms with van der Waals surface area (Å²) in [4.78, 5) is 25.6. The molecule has 0 bridgehead atoms. The van der Waals surface area contributed by atoms with Crippen molar-refractivity contribution in [3.05, 3.63) is 64.4 Å². The van der Waals surface area contributed by atoms with Gasteiger partial charge in [0.15, 0.2) is 29.0 Å². The van der Waals surface area contributed by atoms with Gasteiger partial charge >= 0.3 is 5.97 Å². The van der Waals surface area contributed by atoms with Crippen LogP contribution in [0.1, 0.15) is 47.8 Å². The summed E-state index contributed by atoms with van der Waals surface area (Å²) < 4.78 is 57.4. The molecule has 0 spiro atoms. The third kappa shape index (κ3) is 2.91. The van der Waals surface area contributed by atoms with Crippen molar-refractivity contribution in [3.8, 4) is 5.75 Å². The van der Waals surface area contributed by atoms with Gasteiger partial charge in [0, 0.05) is 28.3 Å². The first-order chi connectivity index (χ1) is 15.0. The van der Waals surface area contributed by atoms with Gasteiger partial charge in [-0.05, 0) is 50.8 Å². The van der Waals surface area contributed by atoms with Crippen LogP contribution in [0.2, 0.25) is 0 Å². The van der Waals surface area contributed by atoms with Gasteiger partial charge in [0.05, 0.1) is 10.9 Å². The van der Waals surface area contributed by atoms with Crippen molar-refractivity contribution in [1.29, 1.82) is 0 Å². The monoisotopic (exact) mass is 449 g/mol. The summed E-state index contributed by atoms with van der Waals surface area (Å²) in [5, 5.41) is 19.6. The van der Waals surface area contributed by atoms with Crippen molar-refractivity contribution in [2.24, 2.45) is 5.92 Å². The van der Waals surface area contributed by atoms with Crippen molar-refractivity contribution in [1.82, 2.24) is 4.57 Å². The maximum Gasteiger partial charge on any atom is 0.314 e. The van der Waals surface area contributed by atoms with Crippen molar-refractivity contribution in [2.75, 3.05) is 0 Å². The second kappa shape index (κ2) is 7.36. The van der Waals surface area contributed by atoms with Crippen LogP contribution in [-0.2, 0) is 10.2 Å². The van der Waals surface area contributed by atoms with Gasteiger partial charge in [-0.25, -0.2) is 17.6 Å². The molecule has 0 unspecified atom stereocenters. The van der Waals surface area contributed by atoms with Crippen LogP contribution in [0, 0.1) is 36.1 Å². The van der Waals surface area contributed by atoms with Gasteiger partial charge in [-0.1, -0.05) is 6.42 Å². The number of hydrogen-bond acceptors (Lipinski definition) is 3. The lowest BCUT2D eigenvalue weighted by atomic mass is 9.62. The molecule has 1 aliphatic carbocycles. The van der Waals surface area contributed by atoms with Gasteiger partial charge < -0.3 is 10.2 Å². The van der Waals surface area contributed by atoms with Crippen LogP contribution in [0.4, 0.5) is 17.6 Å². The van der Waals surface area contributed by atoms with E-state index in [0.29, 0.717) is 18.9 Å². The van der Waals surface area contributed by atoms with E-state index in [1.807, 2.05) is 0 Å². The van der Waals surface area contributed by atoms with Gasteiger partial charge in [0.1, 0.15) is 0 Å². The SMILES string of the molecule is Cc1c([C@](C)(C(=O)O)C2CCC2)c2c(F)c(O)c(F)cc2n1C(=O)c1ccc(F)c(F)c1. The molecule has 1 heterocycles. The fraction of sp³-hybridized carbons (Fsp3) is 0.304. The topological polar surface area (TPSA) is 79.5 Å². The largest absolute Gasteiger partial charge is 0.503 e. The number of nitrogens with zero attached hydrogens (tertiary/aromatic N) is 1. The van der Waals surface area contributed by atoms with Crippen molar-refractivity contribution < 1.29 is 37.4 Å². The number of carboxylic acid groups (broad SMARTS) is 1. The van der Waals surface area contributed by atoms with Crippen LogP contribution >= 0.6 is 0 Å². The quantitative estimate of drug-likeness (QED) is 0.547. The molecule has 0 aliphatic heterocycles. The van der Waals surface area contributed by atoms with E-state index in [1.165, 1.54) is 13.8 Å². The molecule has 2 aromatic carbocycles. The van der Waals surface area contributed by atoms with Crippen LogP contribution < -0.4 is 0 Å². The Morgan fingerprint density at radius 1 is 1.06 bits per heavy atom. The molecule has 4 rings (SSSR count). The van der Waals surface area contributed by atoms with E-state index >= 15 is 4.39 Å². The average Bonchev–Trinajstić information content (AvgIpc) is 2.98. The number of aromatic hydroxyl groups is 1. The molecule has 3 aromatic rings. The van der Waals surface area contributed by atoms with Gasteiger partial charge in [0.25, 0.3) is 5.91 Å². The summed E-state index contributed by atoms with van der Waals surface area (Å²) in [5.74, 6) is -9.05. The third-order valence-electron chi connectivity index (χ3n) is 6.62. The molecule has 2 N–H and O–H groups in total. The summed E-state index contributed by atoms with van der Waals surface area (Å²) in [6.45, 7) is 2.79. The zero-order valence-electron chi connectivity index (χ0n) is 17.2. The maximum absolute atomic E-state index is 15.2. The highest BCUT2D eigenvalue weighted by Crippen LogP contribution is 2.49. The standard InChI is InChI=1S/C23H19F4NO4/c1-10-18(23(2,22(31)32)12-4-3-5-12)17-16(9-15(26)20(29)19(17)27)28(10)21(30)11-6-7-13(24)14(25)8-11/h6-9,12,29H,3-5H2,1-2H3,(H,31,32)/t23-/m1/s1. The number of halogens is 4. The fourth-order valence-electron chi connectivity index (χ4n) is 4.61. The van der Waals surface area contributed by atoms with Crippen LogP contribution in [0.5, 0.6) is 5.75 Å². The number of carbonyl (C=O) groups is 2. The van der Waals surface area contributed by atoms with E-state index in [4.69, 9.17) is 0 Å². The lowest BCUT2D eigenvalue weighted by Crippen LogP contribution is -2.44. The normalized spacial score (nSPS) is 16.1. The number of phenolic OH excluding ortho intramolecular Hbond substituents is 1. The van der Waals surface area contributed by atoms with E-state index in [0.717, 1.165) is 29.2 Å². The Kier molecular flexibility index (Phi) is 5.02. The van der Waals surface area contributed by atoms with Gasteiger partial charge in [-0.3, -0.25) is 14.2 Å². The summed E-state index contributed by atoms with van der Waals surface area (Å²) in [6, 6.07) is 3.14. The number of rotatable bonds is 4. The molecule has 1 aliphatic rings. The molecule has 5 nitrogen and oxygen atoms in total. The zero-order valence-corrected chi connectivity index (χ0v) is 17.2. The zero-order chi connectivity index (χ0) is 23.5. The van der Waals surface area contributed by atoms with Crippen LogP contribution in [0.3, 0.4) is 0 Å². The van der Waals surface area contributed by atoms with E-state index in [-0.39, 0.29) is 28.3 Å². The van der Waals surface area contributed by atoms with Gasteiger partial charge in [-0.15, -0.1) is 0 Å². The molecule has 9 heteroatoms. The van der Waals surface area contributed by atoms with Crippen LogP contribution in [-0.4, -0.2) is 26.7 Å². The first kappa shape index (κ1) is 21.9. The lowest BCUT2D eigenvalue weighted by Gasteiger charge is -2.40. The Morgan fingerprint density at radius 3 is 2.25 bits per heavy atom. The molecular weight excluding hydrogens is 430 g/mol. The third-order valence-corrected chi connectivity index (χ3v) is 6.62. The number of aliphatic carboxylic acids is 1. The second-order valence-corrected chi connectivity index (χ2v) is 8.28. The Hall–Kier alpha value is -3.36. The number of fused-ring (bicyclic) bond motifs is 1. The maximum atomic E-state index is 15.2. The predicted octanol–water partition coefficient (Wildman–Crippen LogP) is 5.04. The van der Waals surface area contributed by atoms with E-state index < -0.39 is 51.7 Å². The predicted molar refractivity (Wildman–Crippen MR) is 107 cm³/mol. The molecule has 168 valence electrons. The summed E-state index contributed by atoms with van der Waals surface area (Å²) in [5.41, 5.74) is -2.30. The molecule has 0 radical (unpaired) electrons. The second-order valence-electron chi connectivity index (χ2n) is 8.28. The molecule has 1 fully saturated rings. The summed E-state index contributed by atoms with van der Waals surface area (Å²) >= 11 is 0. The molecule has 0 saturated heterocycles. The molecule has 1 aromatic heterocycles. The van der Waals surface area contributed by atoms with Crippen molar-refractivity contribution in [2.45, 2.75) is 38.5 Å². The molecular formula is C23H19F4NO4. The first-order valence-electron chi connectivity index (χ1n) is 9.95. The number of carbonyl (C=O) groups excluding carboxylic acids is 1. The Bertz CT molecular complexity index is 1300. The smallest absolute Gasteiger partial charge is 0.314 e. The summed E-state index contributed by atoms with van der Waals surface area (Å²) in [7, 11) is 0. The van der Waals surface area contributed by atoms with Crippen LogP contribution in [0.15, 0.2) is 24.3 Å². The van der Waals surface area contributed by atoms with Crippen molar-refractivity contribution in [3.63, 3.8) is 0 Å². The Morgan fingerprint density at radius 2 is 1.72 bits per heavy atom. The molecule has 1 saturated carbocycles. The minimum atomic E-state index is -1.63. The highest BCUT2D eigenvalue weighted by Gasteiger charge is 2.49. The Labute approximate surface area is 179 Å². The lowest BCUT2D eigenvalue weighted by molar-refractivity contribution is -0.146. The van der Waals surface area contributed by atoms with Gasteiger partial charge in [-0.2, -0.15) is 0 Å². The minimum Gasteiger partial charge on any atom is -0.503 e. The first-order valence-corrected chi connectivity index (χ1v) is 9.95. The number of aromatic nitrogens is 1. The highest BCUT2D eigenvalue weighted by atomic mass is 19.2. The Balaban J connectivity index is 2.09. The van der Waals surface area contributed by atoms with E-state index in [2.05, 4.69) is 0 Å². The average molecular weight is 449 g/mol. The minimum absolute atomic E-state index is 0.00966. The number of benzene rings is 2. The van der Waals surface area contributed by atoms with E-state index in [9.17, 15) is 33.0 Å². The molecule has 32 heavy (non-hydrogen) atoms. The molecule has 0 amide bonds. The number of carboxylic acids is 1. The molecule has 1 atom stereocenters. The van der Waals surface area contributed by atoms with Crippen molar-refractivity contribution >= 4 is 22.8 Å². The fourth-order valence-corrected chi connectivity index (χ4v) is 4.61.